The van der Waals surface area contributed by atoms with E-state index in [1.54, 1.807) is 0 Å². The molecule has 2 nitrogen and oxygen atoms in total. The number of hydrogen-bond donors (Lipinski definition) is 1. The van der Waals surface area contributed by atoms with Crippen LogP contribution in [0.1, 0.15) is 53.9 Å². The minimum absolute atomic E-state index is 0.147. The highest BCUT2D eigenvalue weighted by atomic mass is 16.1. The van der Waals surface area contributed by atoms with Crippen molar-refractivity contribution >= 4 is 5.91 Å². The SMILES string of the molecule is C/C=C1/CCCC(=O)N/C1=C/C(C)C.CC. The first-order chi connectivity index (χ1) is 7.63. The van der Waals surface area contributed by atoms with Gasteiger partial charge in [-0.25, -0.2) is 0 Å². The standard InChI is InChI=1S/C12H19NO.C2H6/c1-4-10-6-5-7-12(14)13-11(10)8-9(2)3;1-2/h4,8-9H,5-7H2,1-3H3,(H,13,14);1-2H3/b10-4-,11-8+;. The average Bonchev–Trinajstić information content (AvgIpc) is 2.42. The van der Waals surface area contributed by atoms with Crippen molar-refractivity contribution in [3.63, 3.8) is 0 Å². The van der Waals surface area contributed by atoms with Crippen molar-refractivity contribution in [1.29, 1.82) is 0 Å². The molecule has 0 aromatic heterocycles. The molecule has 0 unspecified atom stereocenters. The van der Waals surface area contributed by atoms with Gasteiger partial charge in [-0.3, -0.25) is 4.79 Å². The lowest BCUT2D eigenvalue weighted by Crippen LogP contribution is -2.21. The molecule has 0 spiro atoms. The van der Waals surface area contributed by atoms with Gasteiger partial charge in [0.25, 0.3) is 0 Å². The normalized spacial score (nSPS) is 21.5. The van der Waals surface area contributed by atoms with Crippen LogP contribution < -0.4 is 5.32 Å². The molecule has 1 aliphatic heterocycles. The van der Waals surface area contributed by atoms with Crippen LogP contribution in [0.15, 0.2) is 23.4 Å². The number of nitrogens with one attached hydrogen (secondary N) is 1. The Morgan fingerprint density at radius 3 is 2.38 bits per heavy atom. The Labute approximate surface area is 99.8 Å². The van der Waals surface area contributed by atoms with Crippen LogP contribution in [0.3, 0.4) is 0 Å². The molecule has 0 bridgehead atoms. The lowest BCUT2D eigenvalue weighted by Gasteiger charge is -2.10. The van der Waals surface area contributed by atoms with Crippen molar-refractivity contribution in [1.82, 2.24) is 5.32 Å². The van der Waals surface area contributed by atoms with Gasteiger partial charge in [0, 0.05) is 12.1 Å². The van der Waals surface area contributed by atoms with Gasteiger partial charge in [-0.15, -0.1) is 0 Å². The quantitative estimate of drug-likeness (QED) is 0.719. The lowest BCUT2D eigenvalue weighted by atomic mass is 10.0. The monoisotopic (exact) mass is 223 g/mol. The van der Waals surface area contributed by atoms with Gasteiger partial charge in [-0.1, -0.05) is 39.8 Å². The van der Waals surface area contributed by atoms with Gasteiger partial charge in [0.2, 0.25) is 5.91 Å². The first-order valence-electron chi connectivity index (χ1n) is 6.30. The Morgan fingerprint density at radius 2 is 1.88 bits per heavy atom. The van der Waals surface area contributed by atoms with Gasteiger partial charge in [0.1, 0.15) is 0 Å². The summed E-state index contributed by atoms with van der Waals surface area (Å²) in [5, 5.41) is 2.97. The summed E-state index contributed by atoms with van der Waals surface area (Å²) < 4.78 is 0. The zero-order valence-corrected chi connectivity index (χ0v) is 11.3. The Morgan fingerprint density at radius 1 is 1.25 bits per heavy atom. The van der Waals surface area contributed by atoms with E-state index < -0.39 is 0 Å². The Bertz CT molecular complexity index is 274. The second-order valence-corrected chi connectivity index (χ2v) is 4.04. The van der Waals surface area contributed by atoms with Crippen molar-refractivity contribution in [2.45, 2.75) is 53.9 Å². The van der Waals surface area contributed by atoms with Crippen LogP contribution in [0, 0.1) is 5.92 Å². The van der Waals surface area contributed by atoms with E-state index in [1.807, 2.05) is 20.8 Å². The molecule has 2 heteroatoms. The molecule has 0 aromatic rings. The van der Waals surface area contributed by atoms with Crippen LogP contribution >= 0.6 is 0 Å². The fraction of sp³-hybridized carbons (Fsp3) is 0.643. The van der Waals surface area contributed by atoms with Crippen molar-refractivity contribution in [2.75, 3.05) is 0 Å². The number of carbonyl (C=O) groups is 1. The maximum atomic E-state index is 11.4. The third-order valence-electron chi connectivity index (χ3n) is 2.32. The maximum absolute atomic E-state index is 11.4. The summed E-state index contributed by atoms with van der Waals surface area (Å²) in [6.07, 6.45) is 6.83. The molecule has 1 rings (SSSR count). The second kappa shape index (κ2) is 8.14. The van der Waals surface area contributed by atoms with Crippen molar-refractivity contribution in [2.24, 2.45) is 5.92 Å². The summed E-state index contributed by atoms with van der Waals surface area (Å²) in [4.78, 5) is 11.4. The number of allylic oxidation sites excluding steroid dienone is 3. The number of rotatable bonds is 1. The third-order valence-corrected chi connectivity index (χ3v) is 2.32. The summed E-state index contributed by atoms with van der Waals surface area (Å²) in [6, 6.07) is 0. The summed E-state index contributed by atoms with van der Waals surface area (Å²) in [7, 11) is 0. The minimum Gasteiger partial charge on any atom is -0.326 e. The van der Waals surface area contributed by atoms with E-state index in [0.717, 1.165) is 18.5 Å². The molecule has 1 N–H and O–H groups in total. The summed E-state index contributed by atoms with van der Waals surface area (Å²) >= 11 is 0. The van der Waals surface area contributed by atoms with Gasteiger partial charge in [-0.05, 0) is 31.3 Å². The van der Waals surface area contributed by atoms with E-state index in [4.69, 9.17) is 0 Å². The van der Waals surface area contributed by atoms with Crippen LogP contribution in [-0.2, 0) is 4.79 Å². The smallest absolute Gasteiger partial charge is 0.224 e. The van der Waals surface area contributed by atoms with E-state index >= 15 is 0 Å². The van der Waals surface area contributed by atoms with E-state index in [-0.39, 0.29) is 5.91 Å². The summed E-state index contributed by atoms with van der Waals surface area (Å²) in [5.41, 5.74) is 2.29. The number of carbonyl (C=O) groups excluding carboxylic acids is 1. The molecule has 0 aliphatic carbocycles. The predicted octanol–water partition coefficient (Wildman–Crippen LogP) is 3.80. The molecule has 0 aromatic carbocycles. The van der Waals surface area contributed by atoms with Crippen LogP contribution in [0.4, 0.5) is 0 Å². The largest absolute Gasteiger partial charge is 0.326 e. The molecule has 1 saturated heterocycles. The maximum Gasteiger partial charge on any atom is 0.224 e. The number of hydrogen-bond acceptors (Lipinski definition) is 1. The zero-order valence-electron chi connectivity index (χ0n) is 11.3. The Kier molecular flexibility index (Phi) is 7.61. The van der Waals surface area contributed by atoms with Gasteiger partial charge < -0.3 is 5.32 Å². The fourth-order valence-electron chi connectivity index (χ4n) is 1.65. The van der Waals surface area contributed by atoms with Gasteiger partial charge in [0.05, 0.1) is 0 Å². The highest BCUT2D eigenvalue weighted by Crippen LogP contribution is 2.20. The highest BCUT2D eigenvalue weighted by Gasteiger charge is 2.14. The molecule has 1 amide bonds. The Balaban J connectivity index is 0.00000106. The van der Waals surface area contributed by atoms with Crippen molar-refractivity contribution < 1.29 is 4.79 Å². The van der Waals surface area contributed by atoms with E-state index in [2.05, 4.69) is 31.3 Å². The first kappa shape index (κ1) is 14.9. The summed E-state index contributed by atoms with van der Waals surface area (Å²) in [6.45, 7) is 10.3. The fourth-order valence-corrected chi connectivity index (χ4v) is 1.65. The molecule has 1 heterocycles. The second-order valence-electron chi connectivity index (χ2n) is 4.04. The van der Waals surface area contributed by atoms with Crippen LogP contribution in [0.2, 0.25) is 0 Å². The van der Waals surface area contributed by atoms with Gasteiger partial charge >= 0.3 is 0 Å². The van der Waals surface area contributed by atoms with Crippen LogP contribution in [0.5, 0.6) is 0 Å². The molecule has 0 atom stereocenters. The minimum atomic E-state index is 0.147. The van der Waals surface area contributed by atoms with Gasteiger partial charge in [0.15, 0.2) is 0 Å². The van der Waals surface area contributed by atoms with Gasteiger partial charge in [-0.2, -0.15) is 0 Å². The molecule has 0 radical (unpaired) electrons. The highest BCUT2D eigenvalue weighted by molar-refractivity contribution is 5.79. The molecular formula is C14H25NO. The Hall–Kier alpha value is -1.05. The summed E-state index contributed by atoms with van der Waals surface area (Å²) in [5.74, 6) is 0.618. The molecule has 1 aliphatic rings. The predicted molar refractivity (Wildman–Crippen MR) is 70.0 cm³/mol. The molecular weight excluding hydrogens is 198 g/mol. The van der Waals surface area contributed by atoms with E-state index in [0.29, 0.717) is 12.3 Å². The topological polar surface area (TPSA) is 29.1 Å². The molecule has 16 heavy (non-hydrogen) atoms. The molecule has 1 fully saturated rings. The third kappa shape index (κ3) is 5.15. The number of amides is 1. The van der Waals surface area contributed by atoms with Crippen LogP contribution in [-0.4, -0.2) is 5.91 Å². The van der Waals surface area contributed by atoms with Crippen molar-refractivity contribution in [3.8, 4) is 0 Å². The molecule has 92 valence electrons. The van der Waals surface area contributed by atoms with E-state index in [1.165, 1.54) is 5.57 Å². The van der Waals surface area contributed by atoms with Crippen molar-refractivity contribution in [3.05, 3.63) is 23.4 Å². The molecule has 0 saturated carbocycles. The lowest BCUT2D eigenvalue weighted by molar-refractivity contribution is -0.120. The first-order valence-corrected chi connectivity index (χ1v) is 6.30. The van der Waals surface area contributed by atoms with Crippen LogP contribution in [0.25, 0.3) is 0 Å². The average molecular weight is 223 g/mol. The zero-order chi connectivity index (χ0) is 12.6. The van der Waals surface area contributed by atoms with E-state index in [9.17, 15) is 4.79 Å².